The summed E-state index contributed by atoms with van der Waals surface area (Å²) in [4.78, 5) is 17.6. The SMILES string of the molecule is N=C(N)c1ccc(CNC(=O)Cc2c(-c3cc(N)cc(S(=O)(=O)Nc4ccccc4Cl)c3)c(Cl)cc(=NC3CCC3)n2O)c(F)c1. The highest BCUT2D eigenvalue weighted by Gasteiger charge is 2.24. The number of anilines is 2. The molecule has 5 rings (SSSR count). The highest BCUT2D eigenvalue weighted by Crippen LogP contribution is 2.35. The molecule has 0 atom stereocenters. The number of pyridine rings is 1. The minimum Gasteiger partial charge on any atom is -0.427 e. The number of sulfonamides is 1. The number of hydrogen-bond acceptors (Lipinski definition) is 7. The van der Waals surface area contributed by atoms with Crippen molar-refractivity contribution in [3.05, 3.63) is 105 Å². The van der Waals surface area contributed by atoms with Crippen molar-refractivity contribution in [3.8, 4) is 11.1 Å². The van der Waals surface area contributed by atoms with Gasteiger partial charge in [0, 0.05) is 35.0 Å². The first-order chi connectivity index (χ1) is 21.8. The van der Waals surface area contributed by atoms with E-state index in [1.54, 1.807) is 12.1 Å². The minimum atomic E-state index is -4.20. The molecule has 1 aliphatic carbocycles. The van der Waals surface area contributed by atoms with Crippen LogP contribution in [0.5, 0.6) is 0 Å². The lowest BCUT2D eigenvalue weighted by Crippen LogP contribution is -2.31. The van der Waals surface area contributed by atoms with Gasteiger partial charge in [0.15, 0.2) is 5.49 Å². The summed E-state index contributed by atoms with van der Waals surface area (Å²) >= 11 is 12.9. The number of amides is 1. The van der Waals surface area contributed by atoms with Gasteiger partial charge in [-0.2, -0.15) is 4.73 Å². The Bertz CT molecular complexity index is 2030. The second-order valence-corrected chi connectivity index (χ2v) is 13.2. The number of para-hydroxylation sites is 1. The maximum absolute atomic E-state index is 14.6. The lowest BCUT2D eigenvalue weighted by Gasteiger charge is -2.22. The quantitative estimate of drug-likeness (QED) is 0.0601. The van der Waals surface area contributed by atoms with Crippen LogP contribution < -0.4 is 27.0 Å². The molecule has 0 saturated heterocycles. The average molecular weight is 687 g/mol. The summed E-state index contributed by atoms with van der Waals surface area (Å²) in [7, 11) is -4.20. The number of nitrogens with one attached hydrogen (secondary N) is 3. The van der Waals surface area contributed by atoms with Crippen LogP contribution in [-0.2, 0) is 27.8 Å². The molecule has 1 heterocycles. The number of carbonyl (C=O) groups is 1. The standard InChI is InChI=1S/C31H30Cl2FN7O4S/c32-23-6-1-2-7-26(23)40-46(44,45)22-11-19(10-20(35)13-22)30-24(33)14-28(39-21-4-3-5-21)41(43)27(30)15-29(42)38-16-18-9-8-17(31(36)37)12-25(18)34/h1-2,6-14,21,40,43H,3-5,15-16,35H2,(H3,36,37)(H,38,42). The van der Waals surface area contributed by atoms with E-state index in [2.05, 4.69) is 15.0 Å². The van der Waals surface area contributed by atoms with Crippen molar-refractivity contribution in [3.63, 3.8) is 0 Å². The molecule has 0 radical (unpaired) electrons. The third-order valence-electron chi connectivity index (χ3n) is 7.46. The van der Waals surface area contributed by atoms with Gasteiger partial charge in [-0.25, -0.2) is 12.8 Å². The lowest BCUT2D eigenvalue weighted by atomic mass is 9.94. The van der Waals surface area contributed by atoms with Crippen molar-refractivity contribution in [2.75, 3.05) is 10.5 Å². The van der Waals surface area contributed by atoms with Crippen LogP contribution in [0.1, 0.15) is 36.1 Å². The zero-order chi connectivity index (χ0) is 33.2. The number of benzene rings is 3. The Morgan fingerprint density at radius 1 is 1.09 bits per heavy atom. The van der Waals surface area contributed by atoms with Crippen LogP contribution in [0.3, 0.4) is 0 Å². The number of halogens is 3. The number of nitrogens with zero attached hydrogens (tertiary/aromatic N) is 2. The first-order valence-corrected chi connectivity index (χ1v) is 16.3. The maximum atomic E-state index is 14.6. The molecule has 240 valence electrons. The molecule has 0 aliphatic heterocycles. The third-order valence-corrected chi connectivity index (χ3v) is 9.43. The van der Waals surface area contributed by atoms with E-state index < -0.39 is 28.2 Å². The zero-order valence-corrected chi connectivity index (χ0v) is 26.6. The van der Waals surface area contributed by atoms with Crippen molar-refractivity contribution < 1.29 is 22.8 Å². The van der Waals surface area contributed by atoms with E-state index in [-0.39, 0.29) is 78.2 Å². The van der Waals surface area contributed by atoms with Crippen LogP contribution in [0.4, 0.5) is 15.8 Å². The van der Waals surface area contributed by atoms with Crippen LogP contribution >= 0.6 is 23.2 Å². The monoisotopic (exact) mass is 685 g/mol. The van der Waals surface area contributed by atoms with E-state index in [1.165, 1.54) is 48.5 Å². The highest BCUT2D eigenvalue weighted by molar-refractivity contribution is 7.92. The van der Waals surface area contributed by atoms with Crippen LogP contribution in [0.2, 0.25) is 10.0 Å². The van der Waals surface area contributed by atoms with Crippen molar-refractivity contribution in [1.82, 2.24) is 10.0 Å². The van der Waals surface area contributed by atoms with Gasteiger partial charge in [0.1, 0.15) is 11.7 Å². The van der Waals surface area contributed by atoms with E-state index in [4.69, 9.17) is 40.1 Å². The summed E-state index contributed by atoms with van der Waals surface area (Å²) < 4.78 is 44.5. The molecular weight excluding hydrogens is 656 g/mol. The molecule has 15 heteroatoms. The summed E-state index contributed by atoms with van der Waals surface area (Å²) in [6.07, 6.45) is 2.21. The molecule has 1 amide bonds. The summed E-state index contributed by atoms with van der Waals surface area (Å²) in [6.45, 7) is -0.197. The first-order valence-electron chi connectivity index (χ1n) is 14.1. The van der Waals surface area contributed by atoms with Crippen molar-refractivity contribution in [2.24, 2.45) is 10.7 Å². The molecular formula is C31H30Cl2FN7O4S. The molecule has 8 N–H and O–H groups in total. The summed E-state index contributed by atoms with van der Waals surface area (Å²) in [5.41, 5.74) is 12.6. The van der Waals surface area contributed by atoms with E-state index >= 15 is 0 Å². The largest absolute Gasteiger partial charge is 0.427 e. The summed E-state index contributed by atoms with van der Waals surface area (Å²) in [6, 6.07) is 15.7. The topological polar surface area (TPSA) is 189 Å². The number of nitrogens with two attached hydrogens (primary N) is 2. The molecule has 46 heavy (non-hydrogen) atoms. The molecule has 1 aromatic heterocycles. The molecule has 1 saturated carbocycles. The Hall–Kier alpha value is -4.59. The van der Waals surface area contributed by atoms with E-state index in [1.807, 2.05) is 0 Å². The zero-order valence-electron chi connectivity index (χ0n) is 24.2. The second kappa shape index (κ2) is 13.4. The molecule has 0 bridgehead atoms. The van der Waals surface area contributed by atoms with Gasteiger partial charge in [-0.05, 0) is 61.2 Å². The Labute approximate surface area is 274 Å². The van der Waals surface area contributed by atoms with Gasteiger partial charge in [-0.3, -0.25) is 19.9 Å². The number of nitrogen functional groups attached to an aromatic ring is 2. The predicted molar refractivity (Wildman–Crippen MR) is 175 cm³/mol. The molecule has 3 aromatic carbocycles. The van der Waals surface area contributed by atoms with Gasteiger partial charge in [0.25, 0.3) is 10.0 Å². The Kier molecular flexibility index (Phi) is 9.56. The first kappa shape index (κ1) is 32.8. The van der Waals surface area contributed by atoms with E-state index in [0.717, 1.165) is 30.1 Å². The number of aromatic nitrogens is 1. The molecule has 1 aliphatic rings. The van der Waals surface area contributed by atoms with Crippen molar-refractivity contribution in [1.29, 1.82) is 5.41 Å². The maximum Gasteiger partial charge on any atom is 0.262 e. The number of hydrogen-bond donors (Lipinski definition) is 6. The fourth-order valence-electron chi connectivity index (χ4n) is 4.83. The Balaban J connectivity index is 1.53. The van der Waals surface area contributed by atoms with Gasteiger partial charge in [0.05, 0.1) is 38.8 Å². The Morgan fingerprint density at radius 2 is 1.83 bits per heavy atom. The molecule has 4 aromatic rings. The van der Waals surface area contributed by atoms with Crippen molar-refractivity contribution in [2.45, 2.75) is 43.2 Å². The van der Waals surface area contributed by atoms with Gasteiger partial charge >= 0.3 is 0 Å². The smallest absolute Gasteiger partial charge is 0.262 e. The fraction of sp³-hybridized carbons (Fsp3) is 0.194. The van der Waals surface area contributed by atoms with Crippen LogP contribution in [0.15, 0.2) is 76.6 Å². The van der Waals surface area contributed by atoms with Gasteiger partial charge < -0.3 is 22.0 Å². The molecule has 0 unspecified atom stereocenters. The van der Waals surface area contributed by atoms with Crippen LogP contribution in [-0.4, -0.2) is 36.1 Å². The van der Waals surface area contributed by atoms with Crippen LogP contribution in [0.25, 0.3) is 11.1 Å². The number of amidine groups is 1. The lowest BCUT2D eigenvalue weighted by molar-refractivity contribution is -0.120. The van der Waals surface area contributed by atoms with E-state index in [0.29, 0.717) is 0 Å². The molecule has 11 nitrogen and oxygen atoms in total. The van der Waals surface area contributed by atoms with Gasteiger partial charge in [0.2, 0.25) is 5.91 Å². The minimum absolute atomic E-state index is 0.00323. The fourth-order valence-corrected chi connectivity index (χ4v) is 6.54. The predicted octanol–water partition coefficient (Wildman–Crippen LogP) is 4.82. The van der Waals surface area contributed by atoms with E-state index in [9.17, 15) is 22.8 Å². The average Bonchev–Trinajstić information content (AvgIpc) is 2.97. The molecule has 1 fully saturated rings. The third kappa shape index (κ3) is 7.27. The summed E-state index contributed by atoms with van der Waals surface area (Å²) in [5.74, 6) is -1.56. The van der Waals surface area contributed by atoms with Crippen molar-refractivity contribution >= 4 is 56.3 Å². The molecule has 0 spiro atoms. The van der Waals surface area contributed by atoms with Gasteiger partial charge in [-0.15, -0.1) is 0 Å². The summed E-state index contributed by atoms with van der Waals surface area (Å²) in [5, 5.41) is 21.7. The van der Waals surface area contributed by atoms with Crippen LogP contribution in [0, 0.1) is 11.2 Å². The number of carbonyl (C=O) groups excluding carboxylic acids is 1. The Morgan fingerprint density at radius 3 is 2.48 bits per heavy atom. The number of rotatable bonds is 10. The normalized spacial score (nSPS) is 13.7. The van der Waals surface area contributed by atoms with Gasteiger partial charge in [-0.1, -0.05) is 47.5 Å². The second-order valence-electron chi connectivity index (χ2n) is 10.7. The highest BCUT2D eigenvalue weighted by atomic mass is 35.5.